The van der Waals surface area contributed by atoms with Crippen molar-refractivity contribution < 1.29 is 4.79 Å². The van der Waals surface area contributed by atoms with Gasteiger partial charge in [0.1, 0.15) is 5.78 Å². The number of allylic oxidation sites excluding steroid dienone is 2. The second-order valence-electron chi connectivity index (χ2n) is 4.50. The van der Waals surface area contributed by atoms with Gasteiger partial charge in [-0.2, -0.15) is 0 Å². The number of ketones is 1. The van der Waals surface area contributed by atoms with Crippen molar-refractivity contribution in [3.8, 4) is 0 Å². The van der Waals surface area contributed by atoms with Crippen LogP contribution in [-0.4, -0.2) is 17.2 Å². The van der Waals surface area contributed by atoms with Gasteiger partial charge in [-0.15, -0.1) is 0 Å². The lowest BCUT2D eigenvalue weighted by atomic mass is 9.93. The first-order valence-electron chi connectivity index (χ1n) is 5.43. The molecular formula is C12H17NOS. The summed E-state index contributed by atoms with van der Waals surface area (Å²) >= 11 is 1.76. The maximum absolute atomic E-state index is 11.2. The molecule has 1 atom stereocenters. The number of hydrogen-bond donors (Lipinski definition) is 0. The second kappa shape index (κ2) is 4.05. The Bertz CT molecular complexity index is 346. The number of carbonyl (C=O) groups excluding carboxylic acids is 1. The summed E-state index contributed by atoms with van der Waals surface area (Å²) in [5.74, 6) is 0.991. The minimum absolute atomic E-state index is 0.212. The zero-order chi connectivity index (χ0) is 11.0. The van der Waals surface area contributed by atoms with Crippen LogP contribution in [0.3, 0.4) is 0 Å². The third kappa shape index (κ3) is 2.12. The Morgan fingerprint density at radius 3 is 3.07 bits per heavy atom. The number of rotatable bonds is 2. The molecule has 0 aromatic heterocycles. The minimum atomic E-state index is 0.212. The molecule has 0 radical (unpaired) electrons. The van der Waals surface area contributed by atoms with Crippen molar-refractivity contribution >= 4 is 17.5 Å². The van der Waals surface area contributed by atoms with E-state index in [1.807, 2.05) is 0 Å². The highest BCUT2D eigenvalue weighted by atomic mass is 32.2. The van der Waals surface area contributed by atoms with E-state index >= 15 is 0 Å². The molecule has 1 aliphatic carbocycles. The molecular weight excluding hydrogens is 206 g/mol. The maximum Gasteiger partial charge on any atom is 0.149 e. The Labute approximate surface area is 95.4 Å². The molecule has 0 spiro atoms. The predicted octanol–water partition coefficient (Wildman–Crippen LogP) is 3.13. The van der Waals surface area contributed by atoms with Crippen molar-refractivity contribution in [3.63, 3.8) is 0 Å². The van der Waals surface area contributed by atoms with E-state index in [1.165, 1.54) is 17.0 Å². The fourth-order valence-corrected chi connectivity index (χ4v) is 3.47. The summed E-state index contributed by atoms with van der Waals surface area (Å²) in [4.78, 5) is 14.7. The van der Waals surface area contributed by atoms with Crippen LogP contribution in [0.15, 0.2) is 22.2 Å². The van der Waals surface area contributed by atoms with Gasteiger partial charge in [0.15, 0.2) is 0 Å². The molecule has 15 heavy (non-hydrogen) atoms. The molecule has 0 fully saturated rings. The van der Waals surface area contributed by atoms with Crippen LogP contribution in [0.1, 0.15) is 33.1 Å². The quantitative estimate of drug-likeness (QED) is 0.717. The molecule has 0 bridgehead atoms. The molecule has 82 valence electrons. The Kier molecular flexibility index (Phi) is 2.91. The SMILES string of the molecule is C=C1SC2=C(CCC(C)C2)N1CC(C)=O. The van der Waals surface area contributed by atoms with E-state index in [1.54, 1.807) is 18.7 Å². The summed E-state index contributed by atoms with van der Waals surface area (Å²) in [6.45, 7) is 8.47. The van der Waals surface area contributed by atoms with Crippen LogP contribution in [0.4, 0.5) is 0 Å². The molecule has 1 heterocycles. The first kappa shape index (κ1) is 10.8. The van der Waals surface area contributed by atoms with E-state index in [-0.39, 0.29) is 5.78 Å². The van der Waals surface area contributed by atoms with Crippen molar-refractivity contribution in [3.05, 3.63) is 22.2 Å². The third-order valence-corrected chi connectivity index (χ3v) is 4.08. The number of nitrogens with zero attached hydrogens (tertiary/aromatic N) is 1. The largest absolute Gasteiger partial charge is 0.332 e. The number of hydrogen-bond acceptors (Lipinski definition) is 3. The van der Waals surface area contributed by atoms with Crippen LogP contribution in [0.2, 0.25) is 0 Å². The van der Waals surface area contributed by atoms with Gasteiger partial charge in [-0.3, -0.25) is 4.79 Å². The molecule has 0 N–H and O–H groups in total. The molecule has 0 aromatic rings. The molecule has 2 nitrogen and oxygen atoms in total. The summed E-state index contributed by atoms with van der Waals surface area (Å²) in [6.07, 6.45) is 3.50. The summed E-state index contributed by atoms with van der Waals surface area (Å²) in [7, 11) is 0. The maximum atomic E-state index is 11.2. The van der Waals surface area contributed by atoms with Crippen LogP contribution < -0.4 is 0 Å². The Morgan fingerprint density at radius 2 is 2.40 bits per heavy atom. The smallest absolute Gasteiger partial charge is 0.149 e. The van der Waals surface area contributed by atoms with Crippen LogP contribution in [0.5, 0.6) is 0 Å². The molecule has 3 heteroatoms. The van der Waals surface area contributed by atoms with Gasteiger partial charge in [0.2, 0.25) is 0 Å². The fourth-order valence-electron chi connectivity index (χ4n) is 2.20. The van der Waals surface area contributed by atoms with Crippen LogP contribution in [0.25, 0.3) is 0 Å². The van der Waals surface area contributed by atoms with Gasteiger partial charge in [-0.05, 0) is 32.1 Å². The average Bonchev–Trinajstić information content (AvgIpc) is 2.41. The van der Waals surface area contributed by atoms with Gasteiger partial charge < -0.3 is 4.90 Å². The van der Waals surface area contributed by atoms with Gasteiger partial charge in [0.25, 0.3) is 0 Å². The van der Waals surface area contributed by atoms with Crippen LogP contribution in [0, 0.1) is 5.92 Å². The highest BCUT2D eigenvalue weighted by Crippen LogP contribution is 2.48. The Hall–Kier alpha value is -0.700. The molecule has 1 unspecified atom stereocenters. The Morgan fingerprint density at radius 1 is 1.67 bits per heavy atom. The van der Waals surface area contributed by atoms with E-state index in [4.69, 9.17) is 0 Å². The molecule has 2 aliphatic rings. The van der Waals surface area contributed by atoms with E-state index in [9.17, 15) is 4.79 Å². The third-order valence-electron chi connectivity index (χ3n) is 2.98. The highest BCUT2D eigenvalue weighted by Gasteiger charge is 2.30. The standard InChI is InChI=1S/C12H17NOS/c1-8-4-5-11-12(6-8)15-10(3)13(11)7-9(2)14/h8H,3-7H2,1-2H3. The zero-order valence-corrected chi connectivity index (χ0v) is 10.2. The molecule has 2 rings (SSSR count). The van der Waals surface area contributed by atoms with Crippen molar-refractivity contribution in [2.24, 2.45) is 5.92 Å². The van der Waals surface area contributed by atoms with E-state index in [0.29, 0.717) is 6.54 Å². The first-order valence-corrected chi connectivity index (χ1v) is 6.25. The van der Waals surface area contributed by atoms with Crippen molar-refractivity contribution in [2.45, 2.75) is 33.1 Å². The van der Waals surface area contributed by atoms with Crippen molar-refractivity contribution in [1.82, 2.24) is 4.90 Å². The summed E-state index contributed by atoms with van der Waals surface area (Å²) < 4.78 is 0. The summed E-state index contributed by atoms with van der Waals surface area (Å²) in [5, 5.41) is 1.03. The van der Waals surface area contributed by atoms with Crippen LogP contribution in [-0.2, 0) is 4.79 Å². The molecule has 0 aromatic carbocycles. The van der Waals surface area contributed by atoms with Crippen LogP contribution >= 0.6 is 11.8 Å². The van der Waals surface area contributed by atoms with Gasteiger partial charge in [0.05, 0.1) is 11.6 Å². The molecule has 0 amide bonds. The monoisotopic (exact) mass is 223 g/mol. The normalized spacial score (nSPS) is 25.9. The number of carbonyl (C=O) groups is 1. The van der Waals surface area contributed by atoms with Gasteiger partial charge in [-0.25, -0.2) is 0 Å². The Balaban J connectivity index is 2.18. The highest BCUT2D eigenvalue weighted by molar-refractivity contribution is 8.06. The lowest BCUT2D eigenvalue weighted by Gasteiger charge is -2.25. The number of thioether (sulfide) groups is 1. The minimum Gasteiger partial charge on any atom is -0.332 e. The van der Waals surface area contributed by atoms with Gasteiger partial charge in [0, 0.05) is 10.6 Å². The molecule has 0 saturated carbocycles. The van der Waals surface area contributed by atoms with Crippen molar-refractivity contribution in [1.29, 1.82) is 0 Å². The van der Waals surface area contributed by atoms with E-state index in [0.717, 1.165) is 23.8 Å². The summed E-state index contributed by atoms with van der Waals surface area (Å²) in [5.41, 5.74) is 1.36. The van der Waals surface area contributed by atoms with E-state index < -0.39 is 0 Å². The van der Waals surface area contributed by atoms with Gasteiger partial charge >= 0.3 is 0 Å². The molecule has 1 aliphatic heterocycles. The lowest BCUT2D eigenvalue weighted by molar-refractivity contribution is -0.117. The fraction of sp³-hybridized carbons (Fsp3) is 0.583. The first-order chi connectivity index (χ1) is 7.08. The van der Waals surface area contributed by atoms with Gasteiger partial charge in [-0.1, -0.05) is 25.3 Å². The molecule has 0 saturated heterocycles. The number of Topliss-reactive ketones (excluding diaryl/α,β-unsaturated/α-hetero) is 1. The lowest BCUT2D eigenvalue weighted by Crippen LogP contribution is -2.24. The zero-order valence-electron chi connectivity index (χ0n) is 9.38. The topological polar surface area (TPSA) is 20.3 Å². The summed E-state index contributed by atoms with van der Waals surface area (Å²) in [6, 6.07) is 0. The average molecular weight is 223 g/mol. The van der Waals surface area contributed by atoms with E-state index in [2.05, 4.69) is 18.4 Å². The van der Waals surface area contributed by atoms with Crippen molar-refractivity contribution in [2.75, 3.05) is 6.54 Å². The predicted molar refractivity (Wildman–Crippen MR) is 64.2 cm³/mol. The second-order valence-corrected chi connectivity index (χ2v) is 5.67.